The van der Waals surface area contributed by atoms with Crippen molar-refractivity contribution in [2.24, 2.45) is 11.7 Å². The molecular weight excluding hydrogens is 484 g/mol. The van der Waals surface area contributed by atoms with Crippen molar-refractivity contribution in [1.29, 1.82) is 0 Å². The minimum Gasteiger partial charge on any atom is -0.488 e. The van der Waals surface area contributed by atoms with Crippen LogP contribution in [-0.2, 0) is 13.0 Å². The summed E-state index contributed by atoms with van der Waals surface area (Å²) in [6, 6.07) is 35.9. The lowest BCUT2D eigenvalue weighted by Gasteiger charge is -2.25. The molecule has 3 atom stereocenters. The van der Waals surface area contributed by atoms with Crippen molar-refractivity contribution in [2.75, 3.05) is 6.54 Å². The van der Waals surface area contributed by atoms with E-state index in [1.807, 2.05) is 54.6 Å². The number of nitrogens with one attached hydrogen (secondary N) is 1. The SMILES string of the molecule is C[C@H](CCc1ccccc1)C[C@@H](NCC(O)c1ccc(OCc2ccccc2)c(C(N)=O)c1)c1ccccc1. The van der Waals surface area contributed by atoms with E-state index in [1.54, 1.807) is 18.2 Å². The topological polar surface area (TPSA) is 84.6 Å². The van der Waals surface area contributed by atoms with Crippen molar-refractivity contribution in [3.63, 3.8) is 0 Å². The second-order valence-corrected chi connectivity index (χ2v) is 10.1. The molecule has 5 nitrogen and oxygen atoms in total. The summed E-state index contributed by atoms with van der Waals surface area (Å²) in [6.45, 7) is 2.95. The maximum absolute atomic E-state index is 12.2. The van der Waals surface area contributed by atoms with E-state index in [4.69, 9.17) is 10.5 Å². The molecule has 202 valence electrons. The number of aliphatic hydroxyl groups excluding tert-OH is 1. The molecule has 0 spiro atoms. The molecule has 5 heteroatoms. The molecule has 0 aliphatic carbocycles. The van der Waals surface area contributed by atoms with Crippen molar-refractivity contribution >= 4 is 5.91 Å². The Morgan fingerprint density at radius 2 is 1.46 bits per heavy atom. The first-order valence-electron chi connectivity index (χ1n) is 13.6. The van der Waals surface area contributed by atoms with E-state index in [0.717, 1.165) is 24.8 Å². The maximum Gasteiger partial charge on any atom is 0.252 e. The fraction of sp³-hybridized carbons (Fsp3) is 0.265. The van der Waals surface area contributed by atoms with E-state index < -0.39 is 12.0 Å². The monoisotopic (exact) mass is 522 g/mol. The summed E-state index contributed by atoms with van der Waals surface area (Å²) in [6.07, 6.45) is 2.27. The Labute approximate surface area is 231 Å². The summed E-state index contributed by atoms with van der Waals surface area (Å²) >= 11 is 0. The van der Waals surface area contributed by atoms with E-state index in [2.05, 4.69) is 48.6 Å². The molecule has 0 aromatic heterocycles. The zero-order valence-corrected chi connectivity index (χ0v) is 22.5. The third-order valence-corrected chi connectivity index (χ3v) is 7.06. The Balaban J connectivity index is 1.40. The molecule has 0 aliphatic heterocycles. The van der Waals surface area contributed by atoms with Gasteiger partial charge in [-0.15, -0.1) is 0 Å². The van der Waals surface area contributed by atoms with Gasteiger partial charge in [0.05, 0.1) is 11.7 Å². The minimum absolute atomic E-state index is 0.0933. The Kier molecular flexibility index (Phi) is 10.3. The van der Waals surface area contributed by atoms with E-state index >= 15 is 0 Å². The Bertz CT molecular complexity index is 1300. The lowest BCUT2D eigenvalue weighted by molar-refractivity contribution is 0.0995. The number of hydrogen-bond donors (Lipinski definition) is 3. The van der Waals surface area contributed by atoms with Crippen LogP contribution in [0.25, 0.3) is 0 Å². The third-order valence-electron chi connectivity index (χ3n) is 7.06. The predicted molar refractivity (Wildman–Crippen MR) is 156 cm³/mol. The summed E-state index contributed by atoms with van der Waals surface area (Å²) in [5, 5.41) is 14.6. The number of nitrogens with two attached hydrogens (primary N) is 1. The second-order valence-electron chi connectivity index (χ2n) is 10.1. The minimum atomic E-state index is -0.808. The molecule has 4 N–H and O–H groups in total. The fourth-order valence-corrected chi connectivity index (χ4v) is 4.78. The lowest BCUT2D eigenvalue weighted by Crippen LogP contribution is -2.28. The van der Waals surface area contributed by atoms with Crippen molar-refractivity contribution in [1.82, 2.24) is 5.32 Å². The van der Waals surface area contributed by atoms with E-state index in [-0.39, 0.29) is 11.6 Å². The molecular formula is C34H38N2O3. The van der Waals surface area contributed by atoms with Crippen molar-refractivity contribution < 1.29 is 14.6 Å². The zero-order chi connectivity index (χ0) is 27.5. The van der Waals surface area contributed by atoms with Crippen LogP contribution in [0.4, 0.5) is 0 Å². The molecule has 0 radical (unpaired) electrons. The van der Waals surface area contributed by atoms with Gasteiger partial charge in [-0.1, -0.05) is 104 Å². The van der Waals surface area contributed by atoms with Gasteiger partial charge in [0.2, 0.25) is 0 Å². The van der Waals surface area contributed by atoms with Gasteiger partial charge in [-0.3, -0.25) is 4.79 Å². The quantitative estimate of drug-likeness (QED) is 0.179. The third kappa shape index (κ3) is 8.54. The number of carbonyl (C=O) groups is 1. The van der Waals surface area contributed by atoms with Gasteiger partial charge >= 0.3 is 0 Å². The number of benzene rings is 4. The van der Waals surface area contributed by atoms with Gasteiger partial charge in [-0.05, 0) is 59.6 Å². The molecule has 4 rings (SSSR count). The highest BCUT2D eigenvalue weighted by molar-refractivity contribution is 5.95. The molecule has 39 heavy (non-hydrogen) atoms. The summed E-state index contributed by atoms with van der Waals surface area (Å²) in [7, 11) is 0. The van der Waals surface area contributed by atoms with Crippen LogP contribution in [-0.4, -0.2) is 17.6 Å². The van der Waals surface area contributed by atoms with Gasteiger partial charge in [0, 0.05) is 12.6 Å². The first-order valence-corrected chi connectivity index (χ1v) is 13.6. The number of carbonyl (C=O) groups excluding carboxylic acids is 1. The highest BCUT2D eigenvalue weighted by Gasteiger charge is 2.19. The van der Waals surface area contributed by atoms with E-state index in [9.17, 15) is 9.90 Å². The number of rotatable bonds is 14. The molecule has 0 heterocycles. The smallest absolute Gasteiger partial charge is 0.252 e. The van der Waals surface area contributed by atoms with Gasteiger partial charge in [-0.25, -0.2) is 0 Å². The van der Waals surface area contributed by atoms with E-state index in [0.29, 0.717) is 30.4 Å². The molecule has 0 saturated carbocycles. The number of aryl methyl sites for hydroxylation is 1. The van der Waals surface area contributed by atoms with Crippen LogP contribution in [0.3, 0.4) is 0 Å². The second kappa shape index (κ2) is 14.3. The number of ether oxygens (including phenoxy) is 1. The fourth-order valence-electron chi connectivity index (χ4n) is 4.78. The normalized spacial score (nSPS) is 13.4. The van der Waals surface area contributed by atoms with Gasteiger partial charge in [0.15, 0.2) is 0 Å². The van der Waals surface area contributed by atoms with Crippen LogP contribution in [0, 0.1) is 5.92 Å². The predicted octanol–water partition coefficient (Wildman–Crippen LogP) is 6.39. The molecule has 1 amide bonds. The molecule has 4 aromatic carbocycles. The van der Waals surface area contributed by atoms with Crippen LogP contribution < -0.4 is 15.8 Å². The molecule has 4 aromatic rings. The van der Waals surface area contributed by atoms with Crippen LogP contribution in [0.15, 0.2) is 109 Å². The standard InChI is InChI=1S/C34H38N2O3/c1-25(17-18-26-11-5-2-6-12-26)21-31(28-15-9-4-10-16-28)36-23-32(37)29-19-20-33(30(22-29)34(35)38)39-24-27-13-7-3-8-14-27/h2-16,19-20,22,25,31-32,36-37H,17-18,21,23-24H2,1H3,(H2,35,38)/t25-,31-,32?/m1/s1. The average molecular weight is 523 g/mol. The summed E-state index contributed by atoms with van der Waals surface area (Å²) in [5.74, 6) is 0.307. The number of aliphatic hydroxyl groups is 1. The zero-order valence-electron chi connectivity index (χ0n) is 22.5. The maximum atomic E-state index is 12.2. The Hall–Kier alpha value is -3.93. The first-order chi connectivity index (χ1) is 19.0. The van der Waals surface area contributed by atoms with Gasteiger partial charge in [0.25, 0.3) is 5.91 Å². The number of primary amides is 1. The molecule has 0 bridgehead atoms. The molecule has 0 saturated heterocycles. The molecule has 0 aliphatic rings. The van der Waals surface area contributed by atoms with E-state index in [1.165, 1.54) is 11.1 Å². The molecule has 0 fully saturated rings. The van der Waals surface area contributed by atoms with Crippen LogP contribution in [0.5, 0.6) is 5.75 Å². The van der Waals surface area contributed by atoms with Gasteiger partial charge < -0.3 is 20.9 Å². The van der Waals surface area contributed by atoms with Gasteiger partial charge in [0.1, 0.15) is 12.4 Å². The summed E-state index contributed by atoms with van der Waals surface area (Å²) < 4.78 is 5.88. The summed E-state index contributed by atoms with van der Waals surface area (Å²) in [4.78, 5) is 12.2. The van der Waals surface area contributed by atoms with Crippen molar-refractivity contribution in [3.8, 4) is 5.75 Å². The Morgan fingerprint density at radius 1 is 0.846 bits per heavy atom. The van der Waals surface area contributed by atoms with Crippen molar-refractivity contribution in [3.05, 3.63) is 137 Å². The average Bonchev–Trinajstić information content (AvgIpc) is 2.98. The first kappa shape index (κ1) is 28.1. The number of hydrogen-bond acceptors (Lipinski definition) is 4. The number of amides is 1. The Morgan fingerprint density at radius 3 is 2.10 bits per heavy atom. The van der Waals surface area contributed by atoms with Gasteiger partial charge in [-0.2, -0.15) is 0 Å². The van der Waals surface area contributed by atoms with Crippen LogP contribution in [0.1, 0.15) is 64.5 Å². The summed E-state index contributed by atoms with van der Waals surface area (Å²) in [5.41, 5.74) is 10.1. The largest absolute Gasteiger partial charge is 0.488 e. The molecule has 1 unspecified atom stereocenters. The van der Waals surface area contributed by atoms with Crippen LogP contribution in [0.2, 0.25) is 0 Å². The van der Waals surface area contributed by atoms with Crippen LogP contribution >= 0.6 is 0 Å². The highest BCUT2D eigenvalue weighted by Crippen LogP contribution is 2.27. The van der Waals surface area contributed by atoms with Crippen molar-refractivity contribution in [2.45, 2.75) is 44.9 Å². The highest BCUT2D eigenvalue weighted by atomic mass is 16.5. The lowest BCUT2D eigenvalue weighted by atomic mass is 9.91.